The third-order valence-corrected chi connectivity index (χ3v) is 0.516. The second-order valence-corrected chi connectivity index (χ2v) is 0.877. The fourth-order valence-corrected chi connectivity index (χ4v) is 0.129. The van der Waals surface area contributed by atoms with Crippen LogP contribution in [0.1, 0.15) is 7.77 Å². The number of rotatable bonds is 0. The summed E-state index contributed by atoms with van der Waals surface area (Å²) < 4.78 is 13.6. The maximum atomic E-state index is 6.88. The summed E-state index contributed by atoms with van der Waals surface area (Å²) in [5.41, 5.74) is 0. The van der Waals surface area contributed by atoms with E-state index in [1.165, 1.54) is 5.31 Å². The molecule has 1 aliphatic heterocycles. The molecule has 0 amide bonds. The van der Waals surface area contributed by atoms with Gasteiger partial charge in [0.05, 0.1) is 0 Å². The van der Waals surface area contributed by atoms with Crippen molar-refractivity contribution in [1.82, 2.24) is 5.31 Å². The van der Waals surface area contributed by atoms with Crippen LogP contribution in [0.5, 0.6) is 0 Å². The average Bonchev–Trinajstić information content (AvgIpc) is 1.33. The van der Waals surface area contributed by atoms with E-state index in [1.54, 1.807) is 0 Å². The highest BCUT2D eigenvalue weighted by Gasteiger charge is 1.92. The van der Waals surface area contributed by atoms with Crippen molar-refractivity contribution in [1.29, 1.82) is 0 Å². The SMILES string of the molecule is [2H]C1CN([2H])C1. The van der Waals surface area contributed by atoms with E-state index in [9.17, 15) is 0 Å². The zero-order chi connectivity index (χ0) is 4.57. The molecule has 1 aliphatic rings. The molecule has 1 heterocycles. The summed E-state index contributed by atoms with van der Waals surface area (Å²) in [4.78, 5) is 0. The molecule has 0 bridgehead atoms. The first-order valence-electron chi connectivity index (χ1n) is 2.47. The smallest absolute Gasteiger partial charge is 0.122 e. The molecule has 0 saturated carbocycles. The monoisotopic (exact) mass is 59.1 g/mol. The van der Waals surface area contributed by atoms with Gasteiger partial charge in [0.15, 0.2) is 0 Å². The number of hydrogen-bond acceptors (Lipinski definition) is 1. The van der Waals surface area contributed by atoms with Crippen LogP contribution in [0.4, 0.5) is 0 Å². The number of hydrogen-bond donors (Lipinski definition) is 1. The molecule has 1 heteroatoms. The van der Waals surface area contributed by atoms with Crippen LogP contribution in [0.3, 0.4) is 0 Å². The Bertz CT molecular complexity index is 44.8. The largest absolute Gasteiger partial charge is 0.317 e. The van der Waals surface area contributed by atoms with Crippen molar-refractivity contribution in [3.8, 4) is 0 Å². The molecule has 1 rings (SSSR count). The lowest BCUT2D eigenvalue weighted by atomic mass is 10.3. The van der Waals surface area contributed by atoms with E-state index in [1.807, 2.05) is 0 Å². The third kappa shape index (κ3) is 0.115. The lowest BCUT2D eigenvalue weighted by Gasteiger charge is -2.09. The van der Waals surface area contributed by atoms with Gasteiger partial charge >= 0.3 is 0 Å². The molecule has 0 spiro atoms. The second kappa shape index (κ2) is 0.725. The highest BCUT2D eigenvalue weighted by atomic mass is 14.9. The summed E-state index contributed by atoms with van der Waals surface area (Å²) >= 11 is 0. The zero-order valence-corrected chi connectivity index (χ0v) is 2.44. The summed E-state index contributed by atoms with van der Waals surface area (Å²) in [6.07, 6.45) is 0.0301. The van der Waals surface area contributed by atoms with Crippen LogP contribution in [0.15, 0.2) is 0 Å². The van der Waals surface area contributed by atoms with Gasteiger partial charge in [-0.15, -0.1) is 0 Å². The lowest BCUT2D eigenvalue weighted by molar-refractivity contribution is 0.527. The molecule has 0 aromatic heterocycles. The molecule has 0 aromatic carbocycles. The van der Waals surface area contributed by atoms with Crippen LogP contribution >= 0.6 is 0 Å². The minimum absolute atomic E-state index is 0.0301. The molecule has 0 atom stereocenters. The summed E-state index contributed by atoms with van der Waals surface area (Å²) in [7, 11) is 0. The van der Waals surface area contributed by atoms with E-state index in [0.29, 0.717) is 13.1 Å². The van der Waals surface area contributed by atoms with E-state index in [2.05, 4.69) is 0 Å². The van der Waals surface area contributed by atoms with Crippen molar-refractivity contribution >= 4 is 0 Å². The molecule has 0 radical (unpaired) electrons. The van der Waals surface area contributed by atoms with Crippen LogP contribution in [-0.4, -0.2) is 13.1 Å². The Balaban J connectivity index is 2.11. The van der Waals surface area contributed by atoms with Gasteiger partial charge in [0, 0.05) is 1.37 Å². The van der Waals surface area contributed by atoms with Crippen LogP contribution in [0.2, 0.25) is 1.41 Å². The lowest BCUT2D eigenvalue weighted by Crippen LogP contribution is -2.29. The Morgan fingerprint density at radius 2 is 2.75 bits per heavy atom. The molecule has 1 saturated heterocycles. The Morgan fingerprint density at radius 1 is 2.00 bits per heavy atom. The van der Waals surface area contributed by atoms with Gasteiger partial charge in [0.25, 0.3) is 0 Å². The summed E-state index contributed by atoms with van der Waals surface area (Å²) in [5.74, 6) is 0. The first-order valence-corrected chi connectivity index (χ1v) is 1.45. The molecule has 0 aliphatic carbocycles. The fraction of sp³-hybridized carbons (Fsp3) is 1.00. The van der Waals surface area contributed by atoms with Crippen molar-refractivity contribution < 1.29 is 2.78 Å². The molecular formula is C3H7N. The van der Waals surface area contributed by atoms with Gasteiger partial charge in [-0.1, -0.05) is 0 Å². The standard InChI is InChI=1S/C3H7N/c1-2-4-3-1/h4H,1-3H2/i1D/hD. The van der Waals surface area contributed by atoms with Crippen molar-refractivity contribution in [2.75, 3.05) is 13.1 Å². The maximum absolute atomic E-state index is 6.88. The van der Waals surface area contributed by atoms with E-state index >= 15 is 0 Å². The van der Waals surface area contributed by atoms with E-state index in [0.717, 1.165) is 0 Å². The minimum atomic E-state index is 0.0301. The Labute approximate surface area is 28.9 Å². The summed E-state index contributed by atoms with van der Waals surface area (Å²) in [6, 6.07) is 0. The van der Waals surface area contributed by atoms with Crippen LogP contribution < -0.4 is 5.31 Å². The first-order chi connectivity index (χ1) is 2.79. The topological polar surface area (TPSA) is 12.0 Å². The highest BCUT2D eigenvalue weighted by molar-refractivity contribution is 4.56. The van der Waals surface area contributed by atoms with Gasteiger partial charge in [-0.3, -0.25) is 0 Å². The molecule has 24 valence electrons. The molecule has 1 N–H and O–H groups in total. The molecule has 0 aromatic rings. The van der Waals surface area contributed by atoms with Gasteiger partial charge in [-0.25, -0.2) is 0 Å². The quantitative estimate of drug-likeness (QED) is 0.413. The minimum Gasteiger partial charge on any atom is -0.317 e. The highest BCUT2D eigenvalue weighted by Crippen LogP contribution is 1.80. The first kappa shape index (κ1) is 0.977. The maximum Gasteiger partial charge on any atom is 0.122 e. The summed E-state index contributed by atoms with van der Waals surface area (Å²) in [6.45, 7) is 1.28. The third-order valence-electron chi connectivity index (χ3n) is 0.516. The molecule has 1 nitrogen and oxygen atoms in total. The molecule has 0 unspecified atom stereocenters. The zero-order valence-electron chi connectivity index (χ0n) is 4.44. The van der Waals surface area contributed by atoms with Crippen LogP contribution in [0.25, 0.3) is 0 Å². The van der Waals surface area contributed by atoms with Crippen molar-refractivity contribution in [3.05, 3.63) is 0 Å². The number of nitrogens with one attached hydrogen (secondary N) is 1. The second-order valence-electron chi connectivity index (χ2n) is 0.877. The predicted molar refractivity (Wildman–Crippen MR) is 17.5 cm³/mol. The van der Waals surface area contributed by atoms with Gasteiger partial charge in [-0.2, -0.15) is 0 Å². The van der Waals surface area contributed by atoms with Crippen LogP contribution in [-0.2, 0) is 0 Å². The molecule has 4 heavy (non-hydrogen) atoms. The van der Waals surface area contributed by atoms with Crippen molar-refractivity contribution in [3.63, 3.8) is 0 Å². The predicted octanol–water partition coefficient (Wildman–Crippen LogP) is -0.0203. The van der Waals surface area contributed by atoms with Gasteiger partial charge in [0.2, 0.25) is 0 Å². The Kier molecular flexibility index (Phi) is 0.177. The molecule has 1 fully saturated rings. The van der Waals surface area contributed by atoms with Gasteiger partial charge < -0.3 is 5.31 Å². The van der Waals surface area contributed by atoms with E-state index in [-0.39, 0.29) is 6.40 Å². The van der Waals surface area contributed by atoms with E-state index in [4.69, 9.17) is 2.78 Å². The van der Waals surface area contributed by atoms with Gasteiger partial charge in [-0.05, 0) is 19.5 Å². The molecular weight excluding hydrogens is 50.0 g/mol. The fourth-order valence-electron chi connectivity index (χ4n) is 0.129. The van der Waals surface area contributed by atoms with Crippen molar-refractivity contribution in [2.45, 2.75) is 6.40 Å². The Morgan fingerprint density at radius 3 is 2.75 bits per heavy atom. The van der Waals surface area contributed by atoms with Crippen molar-refractivity contribution in [2.24, 2.45) is 0 Å². The average molecular weight is 59.1 g/mol. The van der Waals surface area contributed by atoms with Crippen LogP contribution in [0, 0.1) is 0 Å². The normalized spacial score (nSPS) is 41.0. The van der Waals surface area contributed by atoms with Gasteiger partial charge in [0.1, 0.15) is 1.41 Å². The Hall–Kier alpha value is -0.0400. The summed E-state index contributed by atoms with van der Waals surface area (Å²) in [5, 5.41) is 1.39. The van der Waals surface area contributed by atoms with E-state index < -0.39 is 0 Å².